The van der Waals surface area contributed by atoms with Crippen LogP contribution in [-0.4, -0.2) is 31.8 Å². The lowest BCUT2D eigenvalue weighted by Crippen LogP contribution is -2.37. The van der Waals surface area contributed by atoms with E-state index in [9.17, 15) is 13.2 Å². The zero-order valence-electron chi connectivity index (χ0n) is 17.0. The minimum Gasteiger partial charge on any atom is -0.334 e. The van der Waals surface area contributed by atoms with Gasteiger partial charge in [0.1, 0.15) is 0 Å². The van der Waals surface area contributed by atoms with E-state index in [2.05, 4.69) is 10.6 Å². The number of hydrogen-bond acceptors (Lipinski definition) is 3. The Bertz CT molecular complexity index is 936. The highest BCUT2D eigenvalue weighted by Gasteiger charge is 2.25. The van der Waals surface area contributed by atoms with E-state index in [1.165, 1.54) is 0 Å². The number of rotatable bonds is 6. The van der Waals surface area contributed by atoms with E-state index < -0.39 is 10.0 Å². The molecule has 1 fully saturated rings. The summed E-state index contributed by atoms with van der Waals surface area (Å²) in [4.78, 5) is 12.5. The van der Waals surface area contributed by atoms with Crippen LogP contribution in [0, 0.1) is 6.92 Å². The van der Waals surface area contributed by atoms with Crippen LogP contribution in [0.5, 0.6) is 0 Å². The van der Waals surface area contributed by atoms with Gasteiger partial charge in [-0.05, 0) is 55.5 Å². The SMILES string of the molecule is Cc1ccccc1C(C)NC(=O)NCc1ccc(S(=O)(=O)N2CCCCC2)cc1. The summed E-state index contributed by atoms with van der Waals surface area (Å²) in [7, 11) is -3.43. The van der Waals surface area contributed by atoms with Crippen molar-refractivity contribution < 1.29 is 13.2 Å². The van der Waals surface area contributed by atoms with E-state index in [-0.39, 0.29) is 12.1 Å². The average Bonchev–Trinajstić information content (AvgIpc) is 2.73. The molecular weight excluding hydrogens is 386 g/mol. The van der Waals surface area contributed by atoms with Gasteiger partial charge >= 0.3 is 6.03 Å². The van der Waals surface area contributed by atoms with Crippen LogP contribution >= 0.6 is 0 Å². The first-order chi connectivity index (χ1) is 13.9. The first-order valence-electron chi connectivity index (χ1n) is 10.1. The minimum absolute atomic E-state index is 0.103. The zero-order valence-corrected chi connectivity index (χ0v) is 17.8. The summed E-state index contributed by atoms with van der Waals surface area (Å²) in [6, 6.07) is 14.3. The predicted octanol–water partition coefficient (Wildman–Crippen LogP) is 3.73. The number of sulfonamides is 1. The molecule has 29 heavy (non-hydrogen) atoms. The quantitative estimate of drug-likeness (QED) is 0.755. The normalized spacial score (nSPS) is 16.2. The maximum absolute atomic E-state index is 12.7. The Labute approximate surface area is 173 Å². The molecule has 2 aromatic carbocycles. The molecule has 1 saturated heterocycles. The lowest BCUT2D eigenvalue weighted by atomic mass is 10.0. The van der Waals surface area contributed by atoms with Gasteiger partial charge in [0.05, 0.1) is 10.9 Å². The summed E-state index contributed by atoms with van der Waals surface area (Å²) < 4.78 is 26.9. The Morgan fingerprint density at radius 3 is 2.34 bits per heavy atom. The topological polar surface area (TPSA) is 78.5 Å². The molecule has 2 N–H and O–H groups in total. The van der Waals surface area contributed by atoms with Gasteiger partial charge in [0, 0.05) is 19.6 Å². The third-order valence-corrected chi connectivity index (χ3v) is 7.24. The van der Waals surface area contributed by atoms with Crippen molar-refractivity contribution in [1.82, 2.24) is 14.9 Å². The molecule has 156 valence electrons. The van der Waals surface area contributed by atoms with Gasteiger partial charge in [-0.2, -0.15) is 4.31 Å². The number of carbonyl (C=O) groups excluding carboxylic acids is 1. The molecule has 2 amide bonds. The monoisotopic (exact) mass is 415 g/mol. The van der Waals surface area contributed by atoms with E-state index in [0.717, 1.165) is 36.0 Å². The van der Waals surface area contributed by atoms with Crippen molar-refractivity contribution in [1.29, 1.82) is 0 Å². The van der Waals surface area contributed by atoms with Gasteiger partial charge in [0.25, 0.3) is 0 Å². The molecule has 3 rings (SSSR count). The lowest BCUT2D eigenvalue weighted by Gasteiger charge is -2.25. The number of nitrogens with one attached hydrogen (secondary N) is 2. The molecule has 1 aliphatic rings. The van der Waals surface area contributed by atoms with E-state index in [4.69, 9.17) is 0 Å². The second-order valence-electron chi connectivity index (χ2n) is 7.51. The fourth-order valence-electron chi connectivity index (χ4n) is 3.61. The Morgan fingerprint density at radius 1 is 1.03 bits per heavy atom. The van der Waals surface area contributed by atoms with Crippen LogP contribution in [-0.2, 0) is 16.6 Å². The number of benzene rings is 2. The Balaban J connectivity index is 1.54. The van der Waals surface area contributed by atoms with Gasteiger partial charge in [-0.1, -0.05) is 42.8 Å². The van der Waals surface area contributed by atoms with Crippen molar-refractivity contribution in [2.24, 2.45) is 0 Å². The number of hydrogen-bond donors (Lipinski definition) is 2. The standard InChI is InChI=1S/C22H29N3O3S/c1-17-8-4-5-9-21(17)18(2)24-22(26)23-16-19-10-12-20(13-11-19)29(27,28)25-14-6-3-7-15-25/h4-5,8-13,18H,3,6-7,14-16H2,1-2H3,(H2,23,24,26). The molecule has 0 aromatic heterocycles. The maximum atomic E-state index is 12.7. The summed E-state index contributed by atoms with van der Waals surface area (Å²) >= 11 is 0. The van der Waals surface area contributed by atoms with E-state index in [1.54, 1.807) is 28.6 Å². The van der Waals surface area contributed by atoms with Crippen molar-refractivity contribution in [2.75, 3.05) is 13.1 Å². The van der Waals surface area contributed by atoms with Crippen molar-refractivity contribution in [3.63, 3.8) is 0 Å². The largest absolute Gasteiger partial charge is 0.334 e. The molecule has 1 aliphatic heterocycles. The van der Waals surface area contributed by atoms with E-state index >= 15 is 0 Å². The van der Waals surface area contributed by atoms with Gasteiger partial charge in [-0.15, -0.1) is 0 Å². The number of nitrogens with zero attached hydrogens (tertiary/aromatic N) is 1. The fraction of sp³-hybridized carbons (Fsp3) is 0.409. The highest BCUT2D eigenvalue weighted by atomic mass is 32.2. The second kappa shape index (κ2) is 9.41. The highest BCUT2D eigenvalue weighted by molar-refractivity contribution is 7.89. The Hall–Kier alpha value is -2.38. The molecule has 1 unspecified atom stereocenters. The molecule has 0 spiro atoms. The molecule has 0 radical (unpaired) electrons. The van der Waals surface area contributed by atoms with Crippen molar-refractivity contribution in [2.45, 2.75) is 50.6 Å². The summed E-state index contributed by atoms with van der Waals surface area (Å²) in [5.41, 5.74) is 3.06. The molecular formula is C22H29N3O3S. The van der Waals surface area contributed by atoms with Gasteiger partial charge in [0.15, 0.2) is 0 Å². The maximum Gasteiger partial charge on any atom is 0.315 e. The fourth-order valence-corrected chi connectivity index (χ4v) is 5.13. The summed E-state index contributed by atoms with van der Waals surface area (Å²) in [5.74, 6) is 0. The zero-order chi connectivity index (χ0) is 20.9. The molecule has 0 bridgehead atoms. The number of aryl methyl sites for hydroxylation is 1. The van der Waals surface area contributed by atoms with Crippen molar-refractivity contribution in [3.8, 4) is 0 Å². The number of piperidine rings is 1. The summed E-state index contributed by atoms with van der Waals surface area (Å²) in [6.07, 6.45) is 2.91. The van der Waals surface area contributed by atoms with Crippen LogP contribution in [0.15, 0.2) is 53.4 Å². The van der Waals surface area contributed by atoms with Gasteiger partial charge in [-0.3, -0.25) is 0 Å². The van der Waals surface area contributed by atoms with Gasteiger partial charge < -0.3 is 10.6 Å². The van der Waals surface area contributed by atoms with Crippen LogP contribution in [0.3, 0.4) is 0 Å². The number of urea groups is 1. The molecule has 2 aromatic rings. The highest BCUT2D eigenvalue weighted by Crippen LogP contribution is 2.21. The Kier molecular flexibility index (Phi) is 6.92. The van der Waals surface area contributed by atoms with Crippen LogP contribution < -0.4 is 10.6 Å². The molecule has 0 aliphatic carbocycles. The molecule has 1 heterocycles. The summed E-state index contributed by atoms with van der Waals surface area (Å²) in [5, 5.41) is 5.76. The molecule has 6 nitrogen and oxygen atoms in total. The Morgan fingerprint density at radius 2 is 1.69 bits per heavy atom. The molecule has 0 saturated carbocycles. The summed E-state index contributed by atoms with van der Waals surface area (Å²) in [6.45, 7) is 5.47. The minimum atomic E-state index is -3.43. The lowest BCUT2D eigenvalue weighted by molar-refractivity contribution is 0.237. The van der Waals surface area contributed by atoms with Crippen molar-refractivity contribution >= 4 is 16.1 Å². The van der Waals surface area contributed by atoms with Gasteiger partial charge in [0.2, 0.25) is 10.0 Å². The number of carbonyl (C=O) groups is 1. The predicted molar refractivity (Wildman–Crippen MR) is 114 cm³/mol. The van der Waals surface area contributed by atoms with Crippen LogP contribution in [0.4, 0.5) is 4.79 Å². The first-order valence-corrected chi connectivity index (χ1v) is 11.5. The van der Waals surface area contributed by atoms with Gasteiger partial charge in [-0.25, -0.2) is 13.2 Å². The van der Waals surface area contributed by atoms with E-state index in [1.807, 2.05) is 38.1 Å². The van der Waals surface area contributed by atoms with Crippen molar-refractivity contribution in [3.05, 3.63) is 65.2 Å². The molecule has 1 atom stereocenters. The smallest absolute Gasteiger partial charge is 0.315 e. The third kappa shape index (κ3) is 5.36. The van der Waals surface area contributed by atoms with E-state index in [0.29, 0.717) is 24.5 Å². The van der Waals surface area contributed by atoms with Crippen LogP contribution in [0.1, 0.15) is 48.9 Å². The molecule has 7 heteroatoms. The average molecular weight is 416 g/mol. The van der Waals surface area contributed by atoms with Crippen LogP contribution in [0.2, 0.25) is 0 Å². The second-order valence-corrected chi connectivity index (χ2v) is 9.45. The number of amides is 2. The van der Waals surface area contributed by atoms with Crippen LogP contribution in [0.25, 0.3) is 0 Å². The first kappa shape index (κ1) is 21.3. The third-order valence-electron chi connectivity index (χ3n) is 5.33.